The summed E-state index contributed by atoms with van der Waals surface area (Å²) < 4.78 is 46.4. The Kier molecular flexibility index (Phi) is 6.24. The van der Waals surface area contributed by atoms with E-state index in [9.17, 15) is 12.8 Å². The van der Waals surface area contributed by atoms with Crippen molar-refractivity contribution in [2.75, 3.05) is 19.0 Å². The number of hydrogen-bond donors (Lipinski definition) is 2. The van der Waals surface area contributed by atoms with Gasteiger partial charge in [-0.15, -0.1) is 0 Å². The van der Waals surface area contributed by atoms with Crippen molar-refractivity contribution < 1.29 is 22.7 Å². The number of nitrogens with zero attached hydrogens (tertiary/aromatic N) is 3. The molecule has 0 aromatic carbocycles. The average molecular weight is 451 g/mol. The smallest absolute Gasteiger partial charge is 0.215 e. The Morgan fingerprint density at radius 1 is 1.29 bits per heavy atom. The molecule has 0 fully saturated rings. The molecule has 31 heavy (non-hydrogen) atoms. The van der Waals surface area contributed by atoms with Crippen LogP contribution in [0.1, 0.15) is 34.1 Å². The number of aliphatic hydroxyl groups is 1. The standard InChI is InChI=1S/C21H27FN4O4S/c1-13(6-7-27)24-19-9-14(8-18(22)25-19)15-11-23-20-10-16(30-5)17(12-26(15)20)31(28,29)21(2,3)4/h8-13,27H,6-7H2,1-5H3,(H,24,25)/t13-/m0/s1. The van der Waals surface area contributed by atoms with Gasteiger partial charge < -0.3 is 15.2 Å². The number of rotatable bonds is 7. The minimum atomic E-state index is -3.72. The largest absolute Gasteiger partial charge is 0.495 e. The van der Waals surface area contributed by atoms with E-state index in [4.69, 9.17) is 9.84 Å². The molecular formula is C21H27FN4O4S. The lowest BCUT2D eigenvalue weighted by molar-refractivity contribution is 0.282. The molecule has 0 unspecified atom stereocenters. The Morgan fingerprint density at radius 3 is 2.61 bits per heavy atom. The molecule has 0 amide bonds. The third-order valence-electron chi connectivity index (χ3n) is 4.94. The number of halogens is 1. The fourth-order valence-electron chi connectivity index (χ4n) is 3.13. The van der Waals surface area contributed by atoms with Gasteiger partial charge in [0.1, 0.15) is 22.1 Å². The molecule has 3 rings (SSSR count). The lowest BCUT2D eigenvalue weighted by atomic mass is 10.2. The average Bonchev–Trinajstić information content (AvgIpc) is 3.08. The second-order valence-corrected chi connectivity index (χ2v) is 11.0. The zero-order valence-electron chi connectivity index (χ0n) is 18.2. The summed E-state index contributed by atoms with van der Waals surface area (Å²) in [5, 5.41) is 12.1. The van der Waals surface area contributed by atoms with Crippen LogP contribution >= 0.6 is 0 Å². The van der Waals surface area contributed by atoms with Crippen molar-refractivity contribution in [2.24, 2.45) is 0 Å². The van der Waals surface area contributed by atoms with E-state index in [1.807, 2.05) is 6.92 Å². The first kappa shape index (κ1) is 23.0. The minimum absolute atomic E-state index is 0.00351. The van der Waals surface area contributed by atoms with Gasteiger partial charge in [-0.2, -0.15) is 4.39 Å². The van der Waals surface area contributed by atoms with Gasteiger partial charge in [-0.05, 0) is 40.2 Å². The van der Waals surface area contributed by atoms with Crippen molar-refractivity contribution in [1.29, 1.82) is 0 Å². The number of anilines is 1. The van der Waals surface area contributed by atoms with Gasteiger partial charge in [0, 0.05) is 36.5 Å². The second kappa shape index (κ2) is 8.43. The first-order chi connectivity index (χ1) is 14.5. The van der Waals surface area contributed by atoms with Gasteiger partial charge in [-0.25, -0.2) is 18.4 Å². The molecule has 0 spiro atoms. The van der Waals surface area contributed by atoms with Crippen molar-refractivity contribution in [3.8, 4) is 17.0 Å². The summed E-state index contributed by atoms with van der Waals surface area (Å²) in [6.07, 6.45) is 3.48. The normalized spacial score (nSPS) is 13.4. The van der Waals surface area contributed by atoms with Gasteiger partial charge in [0.15, 0.2) is 9.84 Å². The number of fused-ring (bicyclic) bond motifs is 1. The number of pyridine rings is 2. The van der Waals surface area contributed by atoms with E-state index >= 15 is 0 Å². The van der Waals surface area contributed by atoms with Crippen LogP contribution in [0.3, 0.4) is 0 Å². The summed E-state index contributed by atoms with van der Waals surface area (Å²) in [5.74, 6) is -0.190. The first-order valence-electron chi connectivity index (χ1n) is 9.83. The van der Waals surface area contributed by atoms with Crippen molar-refractivity contribution >= 4 is 21.3 Å². The molecule has 0 radical (unpaired) electrons. The maximum Gasteiger partial charge on any atom is 0.215 e. The second-order valence-electron chi connectivity index (χ2n) is 8.31. The SMILES string of the molecule is COc1cc2ncc(-c3cc(F)nc(N[C@@H](C)CCO)c3)n2cc1S(=O)(=O)C(C)(C)C. The Balaban J connectivity index is 2.17. The number of imidazole rings is 1. The van der Waals surface area contributed by atoms with Gasteiger partial charge >= 0.3 is 0 Å². The predicted molar refractivity (Wildman–Crippen MR) is 117 cm³/mol. The monoisotopic (exact) mass is 450 g/mol. The highest BCUT2D eigenvalue weighted by Gasteiger charge is 2.34. The summed E-state index contributed by atoms with van der Waals surface area (Å²) in [6.45, 7) is 6.70. The summed E-state index contributed by atoms with van der Waals surface area (Å²) >= 11 is 0. The fraction of sp³-hybridized carbons (Fsp3) is 0.429. The number of methoxy groups -OCH3 is 1. The van der Waals surface area contributed by atoms with Crippen LogP contribution < -0.4 is 10.1 Å². The van der Waals surface area contributed by atoms with Gasteiger partial charge in [0.05, 0.1) is 23.7 Å². The third kappa shape index (κ3) is 4.49. The number of nitrogens with one attached hydrogen (secondary N) is 1. The molecule has 8 nitrogen and oxygen atoms in total. The molecule has 1 atom stereocenters. The number of ether oxygens (including phenoxy) is 1. The molecule has 0 aliphatic heterocycles. The summed E-state index contributed by atoms with van der Waals surface area (Å²) in [4.78, 5) is 8.21. The highest BCUT2D eigenvalue weighted by atomic mass is 32.2. The first-order valence-corrected chi connectivity index (χ1v) is 11.3. The number of aromatic nitrogens is 3. The molecule has 168 valence electrons. The predicted octanol–water partition coefficient (Wildman–Crippen LogP) is 3.30. The third-order valence-corrected chi connectivity index (χ3v) is 7.43. The molecule has 0 aliphatic rings. The van der Waals surface area contributed by atoms with Crippen molar-refractivity contribution in [1.82, 2.24) is 14.4 Å². The van der Waals surface area contributed by atoms with Crippen LogP contribution in [0.15, 0.2) is 35.5 Å². The molecule has 3 aromatic rings. The molecule has 3 aromatic heterocycles. The van der Waals surface area contributed by atoms with Crippen molar-refractivity contribution in [3.05, 3.63) is 36.5 Å². The minimum Gasteiger partial charge on any atom is -0.495 e. The van der Waals surface area contributed by atoms with E-state index in [1.54, 1.807) is 37.3 Å². The maximum atomic E-state index is 14.3. The summed E-state index contributed by atoms with van der Waals surface area (Å²) in [7, 11) is -2.32. The number of hydrogen-bond acceptors (Lipinski definition) is 7. The quantitative estimate of drug-likeness (QED) is 0.532. The highest BCUT2D eigenvalue weighted by Crippen LogP contribution is 2.34. The van der Waals surface area contributed by atoms with E-state index in [1.165, 1.54) is 25.6 Å². The van der Waals surface area contributed by atoms with E-state index in [0.717, 1.165) is 0 Å². The van der Waals surface area contributed by atoms with E-state index < -0.39 is 20.5 Å². The van der Waals surface area contributed by atoms with E-state index in [-0.39, 0.29) is 23.3 Å². The number of aliphatic hydroxyl groups excluding tert-OH is 1. The van der Waals surface area contributed by atoms with Crippen molar-refractivity contribution in [3.63, 3.8) is 0 Å². The van der Waals surface area contributed by atoms with Gasteiger partial charge in [-0.3, -0.25) is 4.40 Å². The zero-order chi connectivity index (χ0) is 23.0. The molecular weight excluding hydrogens is 423 g/mol. The van der Waals surface area contributed by atoms with Crippen molar-refractivity contribution in [2.45, 2.75) is 49.8 Å². The van der Waals surface area contributed by atoms with Crippen LogP contribution in [0.2, 0.25) is 0 Å². The Hall–Kier alpha value is -2.72. The zero-order valence-corrected chi connectivity index (χ0v) is 19.0. The van der Waals surface area contributed by atoms with Crippen LogP contribution in [0, 0.1) is 5.95 Å². The molecule has 0 saturated carbocycles. The topological polar surface area (TPSA) is 106 Å². The molecule has 0 bridgehead atoms. The van der Waals surface area contributed by atoms with Crippen LogP contribution in [0.25, 0.3) is 16.9 Å². The Bertz CT molecular complexity index is 1200. The summed E-state index contributed by atoms with van der Waals surface area (Å²) in [5.41, 5.74) is 1.44. The van der Waals surface area contributed by atoms with E-state index in [0.29, 0.717) is 29.1 Å². The van der Waals surface area contributed by atoms with Gasteiger partial charge in [0.2, 0.25) is 5.95 Å². The van der Waals surface area contributed by atoms with Gasteiger partial charge in [-0.1, -0.05) is 0 Å². The lowest BCUT2D eigenvalue weighted by Gasteiger charge is -2.21. The lowest BCUT2D eigenvalue weighted by Crippen LogP contribution is -2.28. The van der Waals surface area contributed by atoms with Crippen LogP contribution in [0.4, 0.5) is 10.2 Å². The van der Waals surface area contributed by atoms with Crippen LogP contribution in [-0.2, 0) is 9.84 Å². The van der Waals surface area contributed by atoms with Crippen LogP contribution in [-0.4, -0.2) is 52.4 Å². The Morgan fingerprint density at radius 2 is 2.00 bits per heavy atom. The highest BCUT2D eigenvalue weighted by molar-refractivity contribution is 7.92. The van der Waals surface area contributed by atoms with Gasteiger partial charge in [0.25, 0.3) is 0 Å². The van der Waals surface area contributed by atoms with Crippen LogP contribution in [0.5, 0.6) is 5.75 Å². The molecule has 2 N–H and O–H groups in total. The molecule has 10 heteroatoms. The Labute approximate surface area is 181 Å². The maximum absolute atomic E-state index is 14.3. The fourth-order valence-corrected chi connectivity index (χ4v) is 4.44. The molecule has 3 heterocycles. The van der Waals surface area contributed by atoms with E-state index in [2.05, 4.69) is 15.3 Å². The molecule has 0 saturated heterocycles. The summed E-state index contributed by atoms with van der Waals surface area (Å²) in [6, 6.07) is 4.35. The molecule has 0 aliphatic carbocycles. The number of sulfone groups is 1.